The van der Waals surface area contributed by atoms with Gasteiger partial charge in [0, 0.05) is 24.7 Å². The van der Waals surface area contributed by atoms with Crippen molar-refractivity contribution < 1.29 is 32.6 Å². The van der Waals surface area contributed by atoms with E-state index in [-0.39, 0.29) is 28.5 Å². The Hall–Kier alpha value is -4.09. The molecule has 1 aliphatic carbocycles. The summed E-state index contributed by atoms with van der Waals surface area (Å²) in [6.45, 7) is 7.37. The number of nitrogens with zero attached hydrogens (tertiary/aromatic N) is 3. The first-order chi connectivity index (χ1) is 17.7. The van der Waals surface area contributed by atoms with Crippen LogP contribution in [-0.4, -0.2) is 50.4 Å². The lowest BCUT2D eigenvalue weighted by atomic mass is 10.1. The van der Waals surface area contributed by atoms with Gasteiger partial charge in [-0.2, -0.15) is 0 Å². The molecule has 0 bridgehead atoms. The predicted molar refractivity (Wildman–Crippen MR) is 131 cm³/mol. The largest absolute Gasteiger partial charge is 0.477 e. The molecular weight excluding hydrogens is 505 g/mol. The fourth-order valence-electron chi connectivity index (χ4n) is 5.21. The highest BCUT2D eigenvalue weighted by molar-refractivity contribution is 5.92. The summed E-state index contributed by atoms with van der Waals surface area (Å²) in [6, 6.07) is 3.09. The molecule has 3 heterocycles. The van der Waals surface area contributed by atoms with Crippen molar-refractivity contribution in [3.05, 3.63) is 63.7 Å². The number of ether oxygens (including phenoxy) is 1. The van der Waals surface area contributed by atoms with Gasteiger partial charge >= 0.3 is 12.1 Å². The fourth-order valence-corrected chi connectivity index (χ4v) is 5.21. The zero-order valence-corrected chi connectivity index (χ0v) is 21.0. The number of rotatable bonds is 4. The van der Waals surface area contributed by atoms with Crippen LogP contribution >= 0.6 is 0 Å². The molecule has 1 unspecified atom stereocenters. The van der Waals surface area contributed by atoms with Crippen LogP contribution < -0.4 is 15.6 Å². The van der Waals surface area contributed by atoms with E-state index in [1.165, 1.54) is 0 Å². The molecule has 38 heavy (non-hydrogen) atoms. The molecule has 3 aromatic rings. The number of carbonyl (C=O) groups is 2. The Balaban J connectivity index is 1.61. The van der Waals surface area contributed by atoms with E-state index in [2.05, 4.69) is 10.3 Å². The van der Waals surface area contributed by atoms with Crippen LogP contribution in [0.4, 0.5) is 23.8 Å². The number of amides is 1. The van der Waals surface area contributed by atoms with E-state index in [0.717, 1.165) is 29.0 Å². The van der Waals surface area contributed by atoms with Crippen LogP contribution in [0.2, 0.25) is 0 Å². The number of fused-ring (bicyclic) bond motifs is 2. The normalized spacial score (nSPS) is 22.3. The van der Waals surface area contributed by atoms with Crippen molar-refractivity contribution in [2.75, 3.05) is 11.4 Å². The van der Waals surface area contributed by atoms with Gasteiger partial charge in [-0.1, -0.05) is 0 Å². The number of carboxylic acid groups (broad SMARTS) is 1. The highest BCUT2D eigenvalue weighted by atomic mass is 19.1. The number of pyridine rings is 2. The zero-order chi connectivity index (χ0) is 27.7. The average Bonchev–Trinajstić information content (AvgIpc) is 3.42. The van der Waals surface area contributed by atoms with E-state index in [4.69, 9.17) is 4.74 Å². The summed E-state index contributed by atoms with van der Waals surface area (Å²) in [5.74, 6) is -4.53. The molecule has 200 valence electrons. The van der Waals surface area contributed by atoms with Gasteiger partial charge in [0.1, 0.15) is 22.8 Å². The van der Waals surface area contributed by atoms with Crippen molar-refractivity contribution in [1.29, 1.82) is 0 Å². The Labute approximate surface area is 214 Å². The van der Waals surface area contributed by atoms with Crippen LogP contribution in [0.5, 0.6) is 0 Å². The molecule has 1 aromatic carbocycles. The maximum absolute atomic E-state index is 15.4. The van der Waals surface area contributed by atoms with Gasteiger partial charge in [-0.15, -0.1) is 0 Å². The third kappa shape index (κ3) is 4.13. The van der Waals surface area contributed by atoms with Gasteiger partial charge in [-0.3, -0.25) is 9.36 Å². The topological polar surface area (TPSA) is 114 Å². The summed E-state index contributed by atoms with van der Waals surface area (Å²) in [5.41, 5.74) is -3.57. The molecule has 2 fully saturated rings. The molecule has 12 heteroatoms. The fraction of sp³-hybridized carbons (Fsp3) is 0.385. The summed E-state index contributed by atoms with van der Waals surface area (Å²) in [7, 11) is 0. The number of halogens is 3. The molecule has 1 saturated carbocycles. The van der Waals surface area contributed by atoms with E-state index < -0.39 is 57.7 Å². The first-order valence-electron chi connectivity index (χ1n) is 11.9. The van der Waals surface area contributed by atoms with E-state index >= 15 is 4.39 Å². The maximum Gasteiger partial charge on any atom is 0.408 e. The number of piperidine rings is 1. The molecule has 0 spiro atoms. The van der Waals surface area contributed by atoms with Gasteiger partial charge in [0.15, 0.2) is 17.3 Å². The first-order valence-corrected chi connectivity index (χ1v) is 11.9. The molecule has 3 atom stereocenters. The summed E-state index contributed by atoms with van der Waals surface area (Å²) in [4.78, 5) is 43.0. The van der Waals surface area contributed by atoms with Gasteiger partial charge in [-0.25, -0.2) is 27.7 Å². The molecule has 2 aromatic heterocycles. The van der Waals surface area contributed by atoms with Crippen molar-refractivity contribution in [3.63, 3.8) is 0 Å². The smallest absolute Gasteiger partial charge is 0.408 e. The second kappa shape index (κ2) is 8.47. The number of aromatic carboxylic acids is 1. The number of hydrogen-bond acceptors (Lipinski definition) is 6. The third-order valence-corrected chi connectivity index (χ3v) is 7.10. The van der Waals surface area contributed by atoms with Crippen LogP contribution in [-0.2, 0) is 4.74 Å². The Kier molecular flexibility index (Phi) is 5.69. The number of aromatic nitrogens is 2. The molecule has 5 rings (SSSR count). The number of benzene rings is 1. The predicted octanol–water partition coefficient (Wildman–Crippen LogP) is 3.99. The number of hydrogen-bond donors (Lipinski definition) is 2. The summed E-state index contributed by atoms with van der Waals surface area (Å²) in [6.07, 6.45) is 0.948. The van der Waals surface area contributed by atoms with Gasteiger partial charge in [0.2, 0.25) is 5.43 Å². The van der Waals surface area contributed by atoms with Gasteiger partial charge in [0.05, 0.1) is 22.7 Å². The highest BCUT2D eigenvalue weighted by Crippen LogP contribution is 2.54. The van der Waals surface area contributed by atoms with Gasteiger partial charge < -0.3 is 20.1 Å². The number of alkyl carbamates (subject to hydrolysis) is 1. The van der Waals surface area contributed by atoms with Crippen molar-refractivity contribution in [1.82, 2.24) is 14.9 Å². The minimum atomic E-state index is -1.60. The molecule has 1 aliphatic heterocycles. The molecule has 1 amide bonds. The highest BCUT2D eigenvalue weighted by Gasteiger charge is 2.66. The summed E-state index contributed by atoms with van der Waals surface area (Å²) < 4.78 is 50.1. The Morgan fingerprint density at radius 1 is 1.18 bits per heavy atom. The second-order valence-electron chi connectivity index (χ2n) is 10.7. The minimum absolute atomic E-state index is 0.00645. The minimum Gasteiger partial charge on any atom is -0.477 e. The molecule has 2 aliphatic rings. The van der Waals surface area contributed by atoms with Crippen molar-refractivity contribution >= 4 is 28.9 Å². The van der Waals surface area contributed by atoms with Gasteiger partial charge in [-0.05, 0) is 52.3 Å². The van der Waals surface area contributed by atoms with Gasteiger partial charge in [0.25, 0.3) is 0 Å². The lowest BCUT2D eigenvalue weighted by Gasteiger charge is -2.31. The van der Waals surface area contributed by atoms with Crippen LogP contribution in [0.3, 0.4) is 0 Å². The van der Waals surface area contributed by atoms with E-state index in [1.54, 1.807) is 32.6 Å². The second-order valence-corrected chi connectivity index (χ2v) is 10.7. The zero-order valence-electron chi connectivity index (χ0n) is 21.0. The van der Waals surface area contributed by atoms with Crippen molar-refractivity contribution in [2.45, 2.75) is 51.3 Å². The van der Waals surface area contributed by atoms with E-state index in [9.17, 15) is 28.3 Å². The van der Waals surface area contributed by atoms with Crippen LogP contribution in [0.1, 0.15) is 44.5 Å². The standard InChI is InChI=1S/C26H25F3N4O5/c1-12-26(31-24(37)38-25(2,3)4)9-13(26)10-32(12)22-18(29)8-15-20(34)16(23(35)36)11-33(21(15)30-22)19-6-5-14(27)7-17(19)28/h5-8,11-13H,9-10H2,1-4H3,(H,31,37)(H,35,36)/t12?,13-,26-/m0/s1. The number of carboxylic acids is 1. The molecule has 2 N–H and O–H groups in total. The van der Waals surface area contributed by atoms with Crippen molar-refractivity contribution in [3.8, 4) is 5.69 Å². The van der Waals surface area contributed by atoms with Crippen molar-refractivity contribution in [2.24, 2.45) is 5.92 Å². The first kappa shape index (κ1) is 25.6. The Morgan fingerprint density at radius 2 is 1.89 bits per heavy atom. The number of nitrogens with one attached hydrogen (secondary N) is 1. The maximum atomic E-state index is 15.4. The number of anilines is 1. The van der Waals surface area contributed by atoms with Crippen LogP contribution in [0.15, 0.2) is 35.3 Å². The Bertz CT molecular complexity index is 1570. The summed E-state index contributed by atoms with van der Waals surface area (Å²) in [5, 5.41) is 12.0. The van der Waals surface area contributed by atoms with Crippen LogP contribution in [0, 0.1) is 23.4 Å². The Morgan fingerprint density at radius 3 is 2.53 bits per heavy atom. The lowest BCUT2D eigenvalue weighted by molar-refractivity contribution is 0.0489. The van der Waals surface area contributed by atoms with E-state index in [1.807, 2.05) is 0 Å². The molecular formula is C26H25F3N4O5. The lowest BCUT2D eigenvalue weighted by Crippen LogP contribution is -2.50. The average molecular weight is 531 g/mol. The van der Waals surface area contributed by atoms with E-state index in [0.29, 0.717) is 19.0 Å². The molecule has 9 nitrogen and oxygen atoms in total. The summed E-state index contributed by atoms with van der Waals surface area (Å²) >= 11 is 0. The SMILES string of the molecule is CC1N(c2nc3c(cc2F)c(=O)c(C(=O)O)cn3-c2ccc(F)cc2F)C[C@@H]2C[C@]12NC(=O)OC(C)(C)C. The monoisotopic (exact) mass is 530 g/mol. The van der Waals surface area contributed by atoms with Crippen LogP contribution in [0.25, 0.3) is 16.7 Å². The quantitative estimate of drug-likeness (QED) is 0.524. The third-order valence-electron chi connectivity index (χ3n) is 7.10. The molecule has 0 radical (unpaired) electrons. The number of carbonyl (C=O) groups excluding carboxylic acids is 1. The molecule has 1 saturated heterocycles.